The van der Waals surface area contributed by atoms with Crippen molar-refractivity contribution < 1.29 is 9.59 Å². The van der Waals surface area contributed by atoms with E-state index in [0.29, 0.717) is 27.0 Å². The minimum atomic E-state index is -0.349. The topological polar surface area (TPSA) is 104 Å². The Morgan fingerprint density at radius 1 is 1.22 bits per heavy atom. The third kappa shape index (κ3) is 5.05. The SMILES string of the molecule is Cc1cc(=O)[nH]c(SCC(=O)Nc2nccs2)c1C(=O)Nc1ccccc1. The van der Waals surface area contributed by atoms with Gasteiger partial charge in [0, 0.05) is 23.3 Å². The van der Waals surface area contributed by atoms with E-state index in [-0.39, 0.29) is 23.1 Å². The lowest BCUT2D eigenvalue weighted by molar-refractivity contribution is -0.113. The summed E-state index contributed by atoms with van der Waals surface area (Å²) in [6.45, 7) is 1.69. The van der Waals surface area contributed by atoms with Gasteiger partial charge in [-0.25, -0.2) is 4.98 Å². The Balaban J connectivity index is 1.77. The lowest BCUT2D eigenvalue weighted by Gasteiger charge is -2.12. The predicted octanol–water partition coefficient (Wildman–Crippen LogP) is 3.12. The van der Waals surface area contributed by atoms with Crippen LogP contribution in [0.15, 0.2) is 57.8 Å². The Bertz CT molecular complexity index is 1000. The van der Waals surface area contributed by atoms with Crippen molar-refractivity contribution in [3.05, 3.63) is 69.5 Å². The van der Waals surface area contributed by atoms with Crippen LogP contribution in [0.4, 0.5) is 10.8 Å². The molecule has 0 radical (unpaired) electrons. The van der Waals surface area contributed by atoms with Crippen molar-refractivity contribution in [1.29, 1.82) is 0 Å². The number of anilines is 2. The minimum Gasteiger partial charge on any atom is -0.322 e. The third-order valence-corrected chi connectivity index (χ3v) is 5.18. The van der Waals surface area contributed by atoms with Crippen molar-refractivity contribution >= 4 is 45.7 Å². The molecule has 0 aliphatic rings. The number of thioether (sulfide) groups is 1. The smallest absolute Gasteiger partial charge is 0.258 e. The van der Waals surface area contributed by atoms with E-state index in [4.69, 9.17) is 0 Å². The second-order valence-corrected chi connectivity index (χ2v) is 7.40. The molecule has 0 unspecified atom stereocenters. The van der Waals surface area contributed by atoms with Crippen LogP contribution in [0.3, 0.4) is 0 Å². The van der Waals surface area contributed by atoms with E-state index in [1.807, 2.05) is 18.2 Å². The highest BCUT2D eigenvalue weighted by molar-refractivity contribution is 8.00. The first-order chi connectivity index (χ1) is 13.0. The van der Waals surface area contributed by atoms with Crippen LogP contribution in [0.2, 0.25) is 0 Å². The average Bonchev–Trinajstić information content (AvgIpc) is 3.13. The molecule has 3 N–H and O–H groups in total. The molecule has 3 rings (SSSR count). The number of amides is 2. The first kappa shape index (κ1) is 18.9. The number of aryl methyl sites for hydroxylation is 1. The van der Waals surface area contributed by atoms with E-state index in [9.17, 15) is 14.4 Å². The Morgan fingerprint density at radius 3 is 2.70 bits per heavy atom. The summed E-state index contributed by atoms with van der Waals surface area (Å²) in [7, 11) is 0. The molecule has 0 fully saturated rings. The van der Waals surface area contributed by atoms with Gasteiger partial charge in [-0.2, -0.15) is 0 Å². The monoisotopic (exact) mass is 400 g/mol. The number of thiazole rings is 1. The van der Waals surface area contributed by atoms with E-state index >= 15 is 0 Å². The zero-order valence-electron chi connectivity index (χ0n) is 14.3. The molecule has 0 saturated carbocycles. The fourth-order valence-electron chi connectivity index (χ4n) is 2.34. The van der Waals surface area contributed by atoms with Gasteiger partial charge in [0.1, 0.15) is 0 Å². The largest absolute Gasteiger partial charge is 0.322 e. The molecule has 2 aromatic heterocycles. The van der Waals surface area contributed by atoms with E-state index in [0.717, 1.165) is 11.8 Å². The molecular weight excluding hydrogens is 384 g/mol. The summed E-state index contributed by atoms with van der Waals surface area (Å²) in [4.78, 5) is 43.3. The summed E-state index contributed by atoms with van der Waals surface area (Å²) < 4.78 is 0. The molecule has 0 saturated heterocycles. The van der Waals surface area contributed by atoms with Crippen LogP contribution in [0.25, 0.3) is 0 Å². The summed E-state index contributed by atoms with van der Waals surface area (Å²) in [6.07, 6.45) is 1.59. The molecule has 0 atom stereocenters. The van der Waals surface area contributed by atoms with Crippen molar-refractivity contribution in [2.24, 2.45) is 0 Å². The highest BCUT2D eigenvalue weighted by atomic mass is 32.2. The van der Waals surface area contributed by atoms with Gasteiger partial charge in [0.15, 0.2) is 5.13 Å². The lowest BCUT2D eigenvalue weighted by Crippen LogP contribution is -2.20. The number of benzene rings is 1. The van der Waals surface area contributed by atoms with E-state index in [1.165, 1.54) is 17.4 Å². The minimum absolute atomic E-state index is 0.0323. The highest BCUT2D eigenvalue weighted by Crippen LogP contribution is 2.23. The zero-order chi connectivity index (χ0) is 19.2. The number of aromatic nitrogens is 2. The van der Waals surface area contributed by atoms with Gasteiger partial charge in [-0.3, -0.25) is 14.4 Å². The van der Waals surface area contributed by atoms with Gasteiger partial charge in [-0.15, -0.1) is 11.3 Å². The molecule has 0 spiro atoms. The molecule has 9 heteroatoms. The summed E-state index contributed by atoms with van der Waals surface area (Å²) in [5, 5.41) is 8.07. The number of pyridine rings is 1. The second kappa shape index (κ2) is 8.65. The molecule has 138 valence electrons. The van der Waals surface area contributed by atoms with E-state index in [1.54, 1.807) is 30.6 Å². The van der Waals surface area contributed by atoms with Crippen molar-refractivity contribution in [2.75, 3.05) is 16.4 Å². The number of hydrogen-bond donors (Lipinski definition) is 3. The van der Waals surface area contributed by atoms with Crippen LogP contribution in [-0.2, 0) is 4.79 Å². The molecular formula is C18H16N4O3S2. The Morgan fingerprint density at radius 2 is 2.00 bits per heavy atom. The molecule has 3 aromatic rings. The van der Waals surface area contributed by atoms with Crippen molar-refractivity contribution in [1.82, 2.24) is 9.97 Å². The van der Waals surface area contributed by atoms with Gasteiger partial charge in [0.2, 0.25) is 11.5 Å². The fraction of sp³-hybridized carbons (Fsp3) is 0.111. The van der Waals surface area contributed by atoms with Gasteiger partial charge in [0.25, 0.3) is 5.91 Å². The molecule has 0 aliphatic carbocycles. The first-order valence-electron chi connectivity index (χ1n) is 7.95. The normalized spacial score (nSPS) is 10.4. The number of carbonyl (C=O) groups excluding carboxylic acids is 2. The number of nitrogens with zero attached hydrogens (tertiary/aromatic N) is 1. The molecule has 2 heterocycles. The standard InChI is InChI=1S/C18H16N4O3S2/c1-11-9-13(23)21-17(27-10-14(24)22-18-19-7-8-26-18)15(11)16(25)20-12-5-3-2-4-6-12/h2-9H,10H2,1H3,(H,20,25)(H,21,23)(H,19,22,24). The first-order valence-corrected chi connectivity index (χ1v) is 9.82. The quantitative estimate of drug-likeness (QED) is 0.552. The second-order valence-electron chi connectivity index (χ2n) is 5.51. The molecule has 0 bridgehead atoms. The van der Waals surface area contributed by atoms with Gasteiger partial charge < -0.3 is 15.6 Å². The maximum atomic E-state index is 12.7. The van der Waals surface area contributed by atoms with Gasteiger partial charge in [-0.05, 0) is 24.6 Å². The van der Waals surface area contributed by atoms with Crippen LogP contribution in [0.5, 0.6) is 0 Å². The predicted molar refractivity (Wildman–Crippen MR) is 108 cm³/mol. The summed E-state index contributed by atoms with van der Waals surface area (Å²) >= 11 is 2.41. The lowest BCUT2D eigenvalue weighted by atomic mass is 10.1. The number of nitrogens with one attached hydrogen (secondary N) is 3. The molecule has 7 nitrogen and oxygen atoms in total. The van der Waals surface area contributed by atoms with Gasteiger partial charge in [-0.1, -0.05) is 30.0 Å². The van der Waals surface area contributed by atoms with Crippen LogP contribution < -0.4 is 16.2 Å². The Labute approximate surface area is 163 Å². The number of hydrogen-bond acceptors (Lipinski definition) is 6. The summed E-state index contributed by atoms with van der Waals surface area (Å²) in [5.74, 6) is -0.588. The molecule has 0 aliphatic heterocycles. The van der Waals surface area contributed by atoms with Crippen LogP contribution in [0.1, 0.15) is 15.9 Å². The van der Waals surface area contributed by atoms with Crippen molar-refractivity contribution in [2.45, 2.75) is 11.9 Å². The van der Waals surface area contributed by atoms with E-state index < -0.39 is 0 Å². The zero-order valence-corrected chi connectivity index (χ0v) is 15.9. The number of rotatable bonds is 6. The fourth-order valence-corrected chi connectivity index (χ4v) is 3.81. The van der Waals surface area contributed by atoms with Crippen LogP contribution in [-0.4, -0.2) is 27.5 Å². The number of para-hydroxylation sites is 1. The molecule has 27 heavy (non-hydrogen) atoms. The van der Waals surface area contributed by atoms with Crippen molar-refractivity contribution in [3.8, 4) is 0 Å². The third-order valence-electron chi connectivity index (χ3n) is 3.49. The summed E-state index contributed by atoms with van der Waals surface area (Å²) in [6, 6.07) is 10.4. The van der Waals surface area contributed by atoms with Crippen LogP contribution >= 0.6 is 23.1 Å². The van der Waals surface area contributed by atoms with Crippen molar-refractivity contribution in [3.63, 3.8) is 0 Å². The maximum absolute atomic E-state index is 12.7. The number of carbonyl (C=O) groups is 2. The average molecular weight is 400 g/mol. The van der Waals surface area contributed by atoms with Crippen LogP contribution in [0, 0.1) is 6.92 Å². The number of aromatic amines is 1. The molecule has 2 amide bonds. The number of H-pyrrole nitrogens is 1. The van der Waals surface area contributed by atoms with E-state index in [2.05, 4.69) is 20.6 Å². The molecule has 1 aromatic carbocycles. The highest BCUT2D eigenvalue weighted by Gasteiger charge is 2.18. The van der Waals surface area contributed by atoms with Gasteiger partial charge >= 0.3 is 0 Å². The maximum Gasteiger partial charge on any atom is 0.258 e. The Kier molecular flexibility index (Phi) is 6.05. The summed E-state index contributed by atoms with van der Waals surface area (Å²) in [5.41, 5.74) is 1.19. The van der Waals surface area contributed by atoms with Gasteiger partial charge in [0.05, 0.1) is 16.3 Å². The Hall–Kier alpha value is -2.91.